The molecule has 3 aromatic carbocycles. The predicted molar refractivity (Wildman–Crippen MR) is 166 cm³/mol. The molecule has 5 heteroatoms. The van der Waals surface area contributed by atoms with E-state index in [1.807, 2.05) is 36.4 Å². The van der Waals surface area contributed by atoms with Crippen LogP contribution in [0, 0.1) is 5.92 Å². The maximum Gasteiger partial charge on any atom is 0.237 e. The number of rotatable bonds is 8. The standard InChI is InChI=1S/C36H37N3O2/c1-25(17-18-26-11-6-4-7-12-26)39-24-28-22-33-31(30-15-10-16-32(39)35(28)30)21-29(23-37(33)2)36(41)38(3)34(40)20-19-27-13-8-5-9-14-27/h4-16,21,24,29,33H,1,17-20,22-23H2,2-3H3. The molecule has 0 bridgehead atoms. The minimum atomic E-state index is -0.364. The van der Waals surface area contributed by atoms with Gasteiger partial charge in [0, 0.05) is 43.3 Å². The topological polar surface area (TPSA) is 45.6 Å². The van der Waals surface area contributed by atoms with Gasteiger partial charge in [0.15, 0.2) is 0 Å². The molecule has 0 fully saturated rings. The van der Waals surface area contributed by atoms with E-state index in [0.29, 0.717) is 19.4 Å². The van der Waals surface area contributed by atoms with Gasteiger partial charge in [-0.2, -0.15) is 0 Å². The van der Waals surface area contributed by atoms with Crippen molar-refractivity contribution in [2.75, 3.05) is 20.6 Å². The van der Waals surface area contributed by atoms with Crippen LogP contribution in [0.1, 0.15) is 35.1 Å². The third-order valence-electron chi connectivity index (χ3n) is 8.77. The van der Waals surface area contributed by atoms with Crippen molar-refractivity contribution in [2.45, 2.75) is 38.1 Å². The molecule has 208 valence electrons. The summed E-state index contributed by atoms with van der Waals surface area (Å²) >= 11 is 0. The van der Waals surface area contributed by atoms with E-state index in [1.54, 1.807) is 7.05 Å². The van der Waals surface area contributed by atoms with Crippen LogP contribution in [0.15, 0.2) is 97.7 Å². The van der Waals surface area contributed by atoms with Gasteiger partial charge in [-0.15, -0.1) is 0 Å². The van der Waals surface area contributed by atoms with Crippen LogP contribution >= 0.6 is 0 Å². The minimum Gasteiger partial charge on any atom is -0.321 e. The maximum atomic E-state index is 13.6. The highest BCUT2D eigenvalue weighted by Gasteiger charge is 2.37. The molecular formula is C36H37N3O2. The number of amides is 2. The van der Waals surface area contributed by atoms with E-state index >= 15 is 0 Å². The van der Waals surface area contributed by atoms with Crippen molar-refractivity contribution in [3.8, 4) is 0 Å². The fourth-order valence-corrected chi connectivity index (χ4v) is 6.46. The molecule has 1 aliphatic heterocycles. The van der Waals surface area contributed by atoms with Crippen molar-refractivity contribution >= 4 is 34.0 Å². The first kappa shape index (κ1) is 27.0. The smallest absolute Gasteiger partial charge is 0.237 e. The number of allylic oxidation sites excluding steroid dienone is 1. The van der Waals surface area contributed by atoms with Crippen LogP contribution in [0.25, 0.3) is 22.2 Å². The summed E-state index contributed by atoms with van der Waals surface area (Å²) in [6, 6.07) is 27.1. The minimum absolute atomic E-state index is 0.134. The first-order chi connectivity index (χ1) is 19.9. The van der Waals surface area contributed by atoms with Crippen LogP contribution in [-0.2, 0) is 28.9 Å². The molecular weight excluding hydrogens is 506 g/mol. The molecule has 1 aromatic heterocycles. The van der Waals surface area contributed by atoms with Crippen LogP contribution in [0.3, 0.4) is 0 Å². The van der Waals surface area contributed by atoms with E-state index in [0.717, 1.165) is 30.5 Å². The number of carbonyl (C=O) groups is 2. The first-order valence-electron chi connectivity index (χ1n) is 14.5. The zero-order valence-corrected chi connectivity index (χ0v) is 23.9. The second-order valence-electron chi connectivity index (χ2n) is 11.4. The SMILES string of the molecule is C=C(CCc1ccccc1)n1cc2c3c(cccc31)C1=CC(C(=O)N(C)C(=O)CCc3ccccc3)CN(C)C1C2. The van der Waals surface area contributed by atoms with Crippen molar-refractivity contribution in [1.29, 1.82) is 0 Å². The zero-order chi connectivity index (χ0) is 28.5. The first-order valence-corrected chi connectivity index (χ1v) is 14.5. The molecule has 0 saturated heterocycles. The van der Waals surface area contributed by atoms with Gasteiger partial charge in [-0.1, -0.05) is 85.5 Å². The molecule has 0 radical (unpaired) electrons. The lowest BCUT2D eigenvalue weighted by Crippen LogP contribution is -2.48. The highest BCUT2D eigenvalue weighted by Crippen LogP contribution is 2.42. The van der Waals surface area contributed by atoms with E-state index in [2.05, 4.69) is 77.8 Å². The second-order valence-corrected chi connectivity index (χ2v) is 11.4. The van der Waals surface area contributed by atoms with Gasteiger partial charge in [0.25, 0.3) is 0 Å². The Bertz CT molecular complexity index is 1630. The molecule has 4 aromatic rings. The Labute approximate surface area is 242 Å². The van der Waals surface area contributed by atoms with E-state index in [-0.39, 0.29) is 23.8 Å². The molecule has 2 heterocycles. The predicted octanol–water partition coefficient (Wildman–Crippen LogP) is 6.23. The number of likely N-dealkylation sites (N-methyl/N-ethyl adjacent to an activating group) is 1. The largest absolute Gasteiger partial charge is 0.321 e. The number of fused-ring (bicyclic) bond motifs is 2. The quantitative estimate of drug-likeness (QED) is 0.265. The number of aromatic nitrogens is 1. The van der Waals surface area contributed by atoms with Gasteiger partial charge in [0.05, 0.1) is 11.4 Å². The van der Waals surface area contributed by atoms with Gasteiger partial charge in [0.2, 0.25) is 11.8 Å². The lowest BCUT2D eigenvalue weighted by molar-refractivity contribution is -0.145. The second kappa shape index (κ2) is 11.3. The van der Waals surface area contributed by atoms with Crippen molar-refractivity contribution in [1.82, 2.24) is 14.4 Å². The third kappa shape index (κ3) is 5.30. The summed E-state index contributed by atoms with van der Waals surface area (Å²) in [7, 11) is 3.72. The van der Waals surface area contributed by atoms with Crippen LogP contribution in [0.4, 0.5) is 0 Å². The summed E-state index contributed by atoms with van der Waals surface area (Å²) in [6.07, 6.45) is 8.07. The van der Waals surface area contributed by atoms with E-state index in [1.165, 1.54) is 38.1 Å². The summed E-state index contributed by atoms with van der Waals surface area (Å²) in [6.45, 7) is 5.05. The molecule has 2 aliphatic rings. The zero-order valence-electron chi connectivity index (χ0n) is 23.9. The highest BCUT2D eigenvalue weighted by atomic mass is 16.2. The molecule has 2 unspecified atom stereocenters. The molecule has 5 nitrogen and oxygen atoms in total. The monoisotopic (exact) mass is 543 g/mol. The van der Waals surface area contributed by atoms with Crippen LogP contribution < -0.4 is 0 Å². The lowest BCUT2D eigenvalue weighted by atomic mass is 9.79. The fraction of sp³-hybridized carbons (Fsp3) is 0.278. The summed E-state index contributed by atoms with van der Waals surface area (Å²) in [5.74, 6) is -0.636. The van der Waals surface area contributed by atoms with Gasteiger partial charge < -0.3 is 4.57 Å². The van der Waals surface area contributed by atoms with Crippen molar-refractivity contribution in [3.05, 3.63) is 120 Å². The van der Waals surface area contributed by atoms with Crippen molar-refractivity contribution in [2.24, 2.45) is 5.92 Å². The molecule has 2 atom stereocenters. The fourth-order valence-electron chi connectivity index (χ4n) is 6.46. The Morgan fingerprint density at radius 1 is 0.902 bits per heavy atom. The molecule has 2 amide bonds. The number of hydrogen-bond donors (Lipinski definition) is 0. The summed E-state index contributed by atoms with van der Waals surface area (Å²) in [5.41, 5.74) is 8.36. The lowest BCUT2D eigenvalue weighted by Gasteiger charge is -2.40. The van der Waals surface area contributed by atoms with Gasteiger partial charge in [-0.25, -0.2) is 0 Å². The van der Waals surface area contributed by atoms with E-state index in [9.17, 15) is 9.59 Å². The number of benzene rings is 3. The average molecular weight is 544 g/mol. The Kier molecular flexibility index (Phi) is 7.46. The van der Waals surface area contributed by atoms with Gasteiger partial charge in [-0.05, 0) is 66.6 Å². The van der Waals surface area contributed by atoms with Crippen LogP contribution in [0.2, 0.25) is 0 Å². The highest BCUT2D eigenvalue weighted by molar-refractivity contribution is 6.02. The van der Waals surface area contributed by atoms with Gasteiger partial charge >= 0.3 is 0 Å². The molecule has 0 spiro atoms. The number of hydrogen-bond acceptors (Lipinski definition) is 3. The maximum absolute atomic E-state index is 13.6. The van der Waals surface area contributed by atoms with Crippen molar-refractivity contribution < 1.29 is 9.59 Å². The summed E-state index contributed by atoms with van der Waals surface area (Å²) < 4.78 is 2.26. The number of nitrogens with zero attached hydrogens (tertiary/aromatic N) is 3. The summed E-state index contributed by atoms with van der Waals surface area (Å²) in [5, 5.41) is 1.25. The van der Waals surface area contributed by atoms with E-state index < -0.39 is 0 Å². The number of imide groups is 1. The Balaban J connectivity index is 1.24. The number of aryl methyl sites for hydroxylation is 2. The number of carbonyl (C=O) groups excluding carboxylic acids is 2. The normalized spacial score (nSPS) is 18.0. The Morgan fingerprint density at radius 2 is 1.56 bits per heavy atom. The van der Waals surface area contributed by atoms with Gasteiger partial charge in [-0.3, -0.25) is 19.4 Å². The van der Waals surface area contributed by atoms with Crippen LogP contribution in [-0.4, -0.2) is 52.9 Å². The van der Waals surface area contributed by atoms with Crippen LogP contribution in [0.5, 0.6) is 0 Å². The van der Waals surface area contributed by atoms with E-state index in [4.69, 9.17) is 0 Å². The molecule has 1 aliphatic carbocycles. The molecule has 0 saturated carbocycles. The Morgan fingerprint density at radius 3 is 2.24 bits per heavy atom. The van der Waals surface area contributed by atoms with Gasteiger partial charge in [0.1, 0.15) is 0 Å². The van der Waals surface area contributed by atoms with Crippen molar-refractivity contribution in [3.63, 3.8) is 0 Å². The average Bonchev–Trinajstić information content (AvgIpc) is 3.39. The Hall–Kier alpha value is -4.22. The third-order valence-corrected chi connectivity index (χ3v) is 8.77. The summed E-state index contributed by atoms with van der Waals surface area (Å²) in [4.78, 5) is 30.1. The molecule has 41 heavy (non-hydrogen) atoms. The molecule has 6 rings (SSSR count). The molecule has 0 N–H and O–H groups in total.